The van der Waals surface area contributed by atoms with Crippen LogP contribution in [0.15, 0.2) is 11.6 Å². The van der Waals surface area contributed by atoms with Crippen LogP contribution in [0.2, 0.25) is 0 Å². The number of amides is 1. The molecule has 0 aromatic heterocycles. The molecule has 1 rings (SSSR count). The molecule has 1 aliphatic rings. The van der Waals surface area contributed by atoms with Gasteiger partial charge in [0.1, 0.15) is 6.54 Å². The molecule has 0 unspecified atom stereocenters. The number of nitrogens with zero attached hydrogens (tertiary/aromatic N) is 1. The number of alkyl halides is 3. The van der Waals surface area contributed by atoms with E-state index in [-0.39, 0.29) is 13.0 Å². The molecule has 1 amide bonds. The minimum absolute atomic E-state index is 0.0378. The topological polar surface area (TPSA) is 40.5 Å². The van der Waals surface area contributed by atoms with Crippen LogP contribution in [0.4, 0.5) is 13.2 Å². The summed E-state index contributed by atoms with van der Waals surface area (Å²) in [6, 6.07) is 0. The predicted molar refractivity (Wildman–Crippen MR) is 60.9 cm³/mol. The minimum atomic E-state index is -4.42. The lowest BCUT2D eigenvalue weighted by Gasteiger charge is -2.24. The highest BCUT2D eigenvalue weighted by Crippen LogP contribution is 2.22. The largest absolute Gasteiger partial charge is 0.406 e. The van der Waals surface area contributed by atoms with Gasteiger partial charge in [-0.05, 0) is 25.7 Å². The van der Waals surface area contributed by atoms with Crippen LogP contribution in [-0.2, 0) is 4.79 Å². The highest BCUT2D eigenvalue weighted by molar-refractivity contribution is 5.78. The molecule has 18 heavy (non-hydrogen) atoms. The number of hydrogen-bond donors (Lipinski definition) is 1. The summed E-state index contributed by atoms with van der Waals surface area (Å²) in [6.07, 6.45) is 1.28. The van der Waals surface area contributed by atoms with E-state index >= 15 is 0 Å². The van der Waals surface area contributed by atoms with Crippen molar-refractivity contribution in [1.29, 1.82) is 0 Å². The molecule has 0 aromatic carbocycles. The molecule has 1 N–H and O–H groups in total. The van der Waals surface area contributed by atoms with Crippen LogP contribution in [0.25, 0.3) is 0 Å². The maximum Gasteiger partial charge on any atom is 0.406 e. The Labute approximate surface area is 104 Å². The average Bonchev–Trinajstić information content (AvgIpc) is 2.28. The van der Waals surface area contributed by atoms with Crippen LogP contribution in [0, 0.1) is 0 Å². The fraction of sp³-hybridized carbons (Fsp3) is 0.750. The second kappa shape index (κ2) is 6.78. The molecule has 3 nitrogen and oxygen atoms in total. The Kier molecular flexibility index (Phi) is 5.65. The van der Waals surface area contributed by atoms with Crippen molar-refractivity contribution in [3.05, 3.63) is 11.6 Å². The van der Waals surface area contributed by atoms with Gasteiger partial charge in [0.15, 0.2) is 0 Å². The van der Waals surface area contributed by atoms with Crippen molar-refractivity contribution in [2.24, 2.45) is 0 Å². The fourth-order valence-electron chi connectivity index (χ4n) is 2.00. The maximum absolute atomic E-state index is 12.3. The van der Waals surface area contributed by atoms with E-state index in [4.69, 9.17) is 5.11 Å². The number of allylic oxidation sites excluding steroid dienone is 1. The van der Waals surface area contributed by atoms with Gasteiger partial charge in [-0.25, -0.2) is 0 Å². The van der Waals surface area contributed by atoms with E-state index in [9.17, 15) is 18.0 Å². The Morgan fingerprint density at radius 3 is 2.61 bits per heavy atom. The van der Waals surface area contributed by atoms with Crippen molar-refractivity contribution >= 4 is 5.91 Å². The second-order valence-electron chi connectivity index (χ2n) is 4.44. The number of rotatable bonds is 5. The van der Waals surface area contributed by atoms with Gasteiger partial charge in [-0.1, -0.05) is 11.6 Å². The van der Waals surface area contributed by atoms with Crippen LogP contribution < -0.4 is 0 Å². The predicted octanol–water partition coefficient (Wildman–Crippen LogP) is 2.26. The Morgan fingerprint density at radius 2 is 2.11 bits per heavy atom. The molecular formula is C12H18F3NO2. The SMILES string of the molecule is O=C(CC1=CCCCC1)N(CCO)CC(F)(F)F. The zero-order valence-electron chi connectivity index (χ0n) is 10.2. The van der Waals surface area contributed by atoms with E-state index in [0.717, 1.165) is 31.3 Å². The summed E-state index contributed by atoms with van der Waals surface area (Å²) in [4.78, 5) is 12.4. The molecule has 0 fully saturated rings. The molecule has 0 radical (unpaired) electrons. The Hall–Kier alpha value is -1.04. The van der Waals surface area contributed by atoms with Gasteiger partial charge in [0.2, 0.25) is 5.91 Å². The van der Waals surface area contributed by atoms with Crippen LogP contribution in [0.5, 0.6) is 0 Å². The summed E-state index contributed by atoms with van der Waals surface area (Å²) >= 11 is 0. The van der Waals surface area contributed by atoms with Gasteiger partial charge < -0.3 is 10.0 Å². The zero-order chi connectivity index (χ0) is 13.6. The van der Waals surface area contributed by atoms with Crippen molar-refractivity contribution in [2.45, 2.75) is 38.3 Å². The van der Waals surface area contributed by atoms with Crippen LogP contribution in [0.1, 0.15) is 32.1 Å². The molecule has 104 valence electrons. The molecule has 0 aliphatic heterocycles. The number of aliphatic hydroxyl groups is 1. The molecule has 0 aromatic rings. The normalized spacial score (nSPS) is 16.3. The third-order valence-corrected chi connectivity index (χ3v) is 2.86. The maximum atomic E-state index is 12.3. The van der Waals surface area contributed by atoms with Gasteiger partial charge >= 0.3 is 6.18 Å². The molecule has 0 saturated carbocycles. The first-order valence-corrected chi connectivity index (χ1v) is 6.05. The average molecular weight is 265 g/mol. The monoisotopic (exact) mass is 265 g/mol. The number of hydrogen-bond acceptors (Lipinski definition) is 2. The number of carbonyl (C=O) groups excluding carboxylic acids is 1. The smallest absolute Gasteiger partial charge is 0.395 e. The Morgan fingerprint density at radius 1 is 1.39 bits per heavy atom. The summed E-state index contributed by atoms with van der Waals surface area (Å²) < 4.78 is 36.8. The van der Waals surface area contributed by atoms with E-state index in [1.807, 2.05) is 6.08 Å². The van der Waals surface area contributed by atoms with Crippen molar-refractivity contribution in [3.8, 4) is 0 Å². The van der Waals surface area contributed by atoms with Crippen molar-refractivity contribution < 1.29 is 23.1 Å². The minimum Gasteiger partial charge on any atom is -0.395 e. The first-order valence-electron chi connectivity index (χ1n) is 6.05. The van der Waals surface area contributed by atoms with Gasteiger partial charge in [0.25, 0.3) is 0 Å². The Bertz CT molecular complexity index is 313. The third-order valence-electron chi connectivity index (χ3n) is 2.86. The lowest BCUT2D eigenvalue weighted by atomic mass is 9.97. The van der Waals surface area contributed by atoms with Crippen molar-refractivity contribution in [1.82, 2.24) is 4.90 Å². The fourth-order valence-corrected chi connectivity index (χ4v) is 2.00. The quantitative estimate of drug-likeness (QED) is 0.775. The third kappa shape index (κ3) is 5.53. The van der Waals surface area contributed by atoms with E-state index in [1.54, 1.807) is 0 Å². The summed E-state index contributed by atoms with van der Waals surface area (Å²) in [5.41, 5.74) is 0.913. The van der Waals surface area contributed by atoms with E-state index < -0.39 is 25.2 Å². The van der Waals surface area contributed by atoms with Crippen LogP contribution >= 0.6 is 0 Å². The molecule has 0 saturated heterocycles. The van der Waals surface area contributed by atoms with Gasteiger partial charge in [-0.3, -0.25) is 4.79 Å². The molecule has 0 spiro atoms. The van der Waals surface area contributed by atoms with Crippen molar-refractivity contribution in [2.75, 3.05) is 19.7 Å². The highest BCUT2D eigenvalue weighted by atomic mass is 19.4. The summed E-state index contributed by atoms with van der Waals surface area (Å²) in [7, 11) is 0. The molecule has 0 atom stereocenters. The van der Waals surface area contributed by atoms with Gasteiger partial charge in [0.05, 0.1) is 6.61 Å². The van der Waals surface area contributed by atoms with E-state index in [0.29, 0.717) is 4.90 Å². The van der Waals surface area contributed by atoms with Gasteiger partial charge in [-0.2, -0.15) is 13.2 Å². The lowest BCUT2D eigenvalue weighted by Crippen LogP contribution is -2.40. The van der Waals surface area contributed by atoms with Gasteiger partial charge in [0, 0.05) is 13.0 Å². The van der Waals surface area contributed by atoms with Crippen LogP contribution in [-0.4, -0.2) is 41.8 Å². The first kappa shape index (κ1) is 15.0. The van der Waals surface area contributed by atoms with E-state index in [1.165, 1.54) is 0 Å². The highest BCUT2D eigenvalue weighted by Gasteiger charge is 2.32. The van der Waals surface area contributed by atoms with Crippen LogP contribution in [0.3, 0.4) is 0 Å². The summed E-state index contributed by atoms with van der Waals surface area (Å²) in [5.74, 6) is -0.561. The second-order valence-corrected chi connectivity index (χ2v) is 4.44. The lowest BCUT2D eigenvalue weighted by molar-refractivity contribution is -0.161. The number of aliphatic hydroxyl groups excluding tert-OH is 1. The van der Waals surface area contributed by atoms with Gasteiger partial charge in [-0.15, -0.1) is 0 Å². The standard InChI is InChI=1S/C12H18F3NO2/c13-12(14,15)9-16(6-7-17)11(18)8-10-4-2-1-3-5-10/h4,17H,1-3,5-9H2. The number of halogens is 3. The Balaban J connectivity index is 2.56. The summed E-state index contributed by atoms with van der Waals surface area (Å²) in [5, 5.41) is 8.71. The molecule has 0 heterocycles. The molecule has 0 bridgehead atoms. The number of carbonyl (C=O) groups is 1. The molecular weight excluding hydrogens is 247 g/mol. The molecule has 1 aliphatic carbocycles. The molecule has 6 heteroatoms. The van der Waals surface area contributed by atoms with E-state index in [2.05, 4.69) is 0 Å². The zero-order valence-corrected chi connectivity index (χ0v) is 10.2. The summed E-state index contributed by atoms with van der Waals surface area (Å²) in [6.45, 7) is -2.02. The van der Waals surface area contributed by atoms with Crippen molar-refractivity contribution in [3.63, 3.8) is 0 Å². The first-order chi connectivity index (χ1) is 8.42.